The first-order valence-corrected chi connectivity index (χ1v) is 12.7. The predicted molar refractivity (Wildman–Crippen MR) is 122 cm³/mol. The molecule has 0 spiro atoms. The summed E-state index contributed by atoms with van der Waals surface area (Å²) in [4.78, 5) is 0. The molecular weight excluding hydrogens is 312 g/mol. The van der Waals surface area contributed by atoms with Crippen LogP contribution in [0.1, 0.15) is 156 Å². The standard InChI is InChI=1S/C26H54/c1-5-6-7-8-9-10-11-12-13-14-15-16-17-18-19-20-23-26(4)24-21-22-25(2)3/h25-26H,5-24H2,1-4H3/t26-/m1/s1. The van der Waals surface area contributed by atoms with E-state index >= 15 is 0 Å². The Morgan fingerprint density at radius 3 is 1.12 bits per heavy atom. The van der Waals surface area contributed by atoms with Gasteiger partial charge < -0.3 is 0 Å². The number of rotatable bonds is 21. The van der Waals surface area contributed by atoms with E-state index in [-0.39, 0.29) is 0 Å². The van der Waals surface area contributed by atoms with Gasteiger partial charge in [-0.25, -0.2) is 0 Å². The lowest BCUT2D eigenvalue weighted by Gasteiger charge is -2.12. The van der Waals surface area contributed by atoms with Crippen molar-refractivity contribution < 1.29 is 0 Å². The average Bonchev–Trinajstić information content (AvgIpc) is 2.61. The van der Waals surface area contributed by atoms with Crippen LogP contribution in [0.3, 0.4) is 0 Å². The molecule has 0 saturated carbocycles. The summed E-state index contributed by atoms with van der Waals surface area (Å²) < 4.78 is 0. The molecule has 0 fully saturated rings. The summed E-state index contributed by atoms with van der Waals surface area (Å²) in [5.74, 6) is 1.85. The fourth-order valence-electron chi connectivity index (χ4n) is 4.06. The van der Waals surface area contributed by atoms with Gasteiger partial charge in [-0.1, -0.05) is 156 Å². The van der Waals surface area contributed by atoms with E-state index in [0.717, 1.165) is 11.8 Å². The Kier molecular flexibility index (Phi) is 21.3. The highest BCUT2D eigenvalue weighted by Gasteiger charge is 2.03. The fraction of sp³-hybridized carbons (Fsp3) is 1.00. The molecule has 1 atom stereocenters. The quantitative estimate of drug-likeness (QED) is 0.177. The second kappa shape index (κ2) is 21.3. The summed E-state index contributed by atoms with van der Waals surface area (Å²) in [6.07, 6.45) is 29.4. The lowest BCUT2D eigenvalue weighted by Crippen LogP contribution is -1.96. The van der Waals surface area contributed by atoms with Crippen LogP contribution in [-0.2, 0) is 0 Å². The topological polar surface area (TPSA) is 0 Å². The molecule has 158 valence electrons. The van der Waals surface area contributed by atoms with E-state index < -0.39 is 0 Å². The van der Waals surface area contributed by atoms with Gasteiger partial charge in [-0.15, -0.1) is 0 Å². The third kappa shape index (κ3) is 22.0. The SMILES string of the molecule is CCCCCCCCCCCCCCCCCC[C@@H](C)CCCC(C)C. The maximum absolute atomic E-state index is 2.46. The first-order chi connectivity index (χ1) is 12.7. The van der Waals surface area contributed by atoms with Gasteiger partial charge in [0.1, 0.15) is 0 Å². The van der Waals surface area contributed by atoms with E-state index in [1.54, 1.807) is 0 Å². The third-order valence-corrected chi connectivity index (χ3v) is 6.03. The molecule has 0 aromatic carbocycles. The number of hydrogen-bond acceptors (Lipinski definition) is 0. The number of hydrogen-bond donors (Lipinski definition) is 0. The van der Waals surface area contributed by atoms with E-state index in [1.807, 2.05) is 0 Å². The molecular formula is C26H54. The molecule has 0 unspecified atom stereocenters. The van der Waals surface area contributed by atoms with Crippen molar-refractivity contribution in [3.05, 3.63) is 0 Å². The second-order valence-electron chi connectivity index (χ2n) is 9.52. The Morgan fingerprint density at radius 2 is 0.731 bits per heavy atom. The highest BCUT2D eigenvalue weighted by Crippen LogP contribution is 2.19. The third-order valence-electron chi connectivity index (χ3n) is 6.03. The van der Waals surface area contributed by atoms with Crippen LogP contribution in [0.25, 0.3) is 0 Å². The molecule has 0 aromatic rings. The minimum atomic E-state index is 0.887. The van der Waals surface area contributed by atoms with Crippen molar-refractivity contribution in [3.8, 4) is 0 Å². The molecule has 0 radical (unpaired) electrons. The van der Waals surface area contributed by atoms with Gasteiger partial charge in [0.15, 0.2) is 0 Å². The van der Waals surface area contributed by atoms with Gasteiger partial charge in [0.25, 0.3) is 0 Å². The van der Waals surface area contributed by atoms with Crippen molar-refractivity contribution in [1.29, 1.82) is 0 Å². The van der Waals surface area contributed by atoms with Crippen molar-refractivity contribution >= 4 is 0 Å². The molecule has 0 aliphatic rings. The maximum atomic E-state index is 2.46. The van der Waals surface area contributed by atoms with Crippen molar-refractivity contribution in [2.75, 3.05) is 0 Å². The van der Waals surface area contributed by atoms with Crippen molar-refractivity contribution in [2.24, 2.45) is 11.8 Å². The highest BCUT2D eigenvalue weighted by atomic mass is 14.1. The van der Waals surface area contributed by atoms with Crippen LogP contribution in [0.15, 0.2) is 0 Å². The lowest BCUT2D eigenvalue weighted by molar-refractivity contribution is 0.417. The molecule has 0 aromatic heterocycles. The van der Waals surface area contributed by atoms with Crippen LogP contribution in [0.4, 0.5) is 0 Å². The van der Waals surface area contributed by atoms with E-state index in [4.69, 9.17) is 0 Å². The minimum Gasteiger partial charge on any atom is -0.0654 e. The molecule has 0 bridgehead atoms. The van der Waals surface area contributed by atoms with Crippen LogP contribution in [0, 0.1) is 11.8 Å². The molecule has 0 rings (SSSR count). The van der Waals surface area contributed by atoms with Crippen molar-refractivity contribution in [1.82, 2.24) is 0 Å². The van der Waals surface area contributed by atoms with Crippen LogP contribution in [0.2, 0.25) is 0 Å². The van der Waals surface area contributed by atoms with Gasteiger partial charge in [-0.2, -0.15) is 0 Å². The predicted octanol–water partition coefficient (Wildman–Crippen LogP) is 10.1. The van der Waals surface area contributed by atoms with Crippen molar-refractivity contribution in [3.63, 3.8) is 0 Å². The van der Waals surface area contributed by atoms with Gasteiger partial charge in [0, 0.05) is 0 Å². The van der Waals surface area contributed by atoms with Crippen LogP contribution in [0.5, 0.6) is 0 Å². The molecule has 0 amide bonds. The summed E-state index contributed by atoms with van der Waals surface area (Å²) in [5, 5.41) is 0. The zero-order chi connectivity index (χ0) is 19.3. The van der Waals surface area contributed by atoms with Crippen LogP contribution >= 0.6 is 0 Å². The Bertz CT molecular complexity index is 242. The highest BCUT2D eigenvalue weighted by molar-refractivity contribution is 4.56. The van der Waals surface area contributed by atoms with E-state index in [2.05, 4.69) is 27.7 Å². The average molecular weight is 367 g/mol. The van der Waals surface area contributed by atoms with Crippen LogP contribution in [-0.4, -0.2) is 0 Å². The first kappa shape index (κ1) is 26.0. The summed E-state index contributed by atoms with van der Waals surface area (Å²) in [5.41, 5.74) is 0. The fourth-order valence-corrected chi connectivity index (χ4v) is 4.06. The molecule has 0 saturated heterocycles. The van der Waals surface area contributed by atoms with Crippen LogP contribution < -0.4 is 0 Å². The van der Waals surface area contributed by atoms with E-state index in [9.17, 15) is 0 Å². The molecule has 0 heterocycles. The largest absolute Gasteiger partial charge is 0.0654 e. The molecule has 0 heteroatoms. The summed E-state index contributed by atoms with van der Waals surface area (Å²) in [6.45, 7) is 9.46. The lowest BCUT2D eigenvalue weighted by atomic mass is 9.95. The van der Waals surface area contributed by atoms with Gasteiger partial charge in [-0.3, -0.25) is 0 Å². The van der Waals surface area contributed by atoms with Gasteiger partial charge in [0.05, 0.1) is 0 Å². The Labute approximate surface area is 168 Å². The molecule has 0 aliphatic carbocycles. The second-order valence-corrected chi connectivity index (χ2v) is 9.52. The first-order valence-electron chi connectivity index (χ1n) is 12.7. The maximum Gasteiger partial charge on any atom is -0.0443 e. The smallest absolute Gasteiger partial charge is 0.0443 e. The summed E-state index contributed by atoms with van der Waals surface area (Å²) >= 11 is 0. The summed E-state index contributed by atoms with van der Waals surface area (Å²) in [7, 11) is 0. The normalized spacial score (nSPS) is 12.8. The van der Waals surface area contributed by atoms with E-state index in [1.165, 1.54) is 128 Å². The summed E-state index contributed by atoms with van der Waals surface area (Å²) in [6, 6.07) is 0. The minimum absolute atomic E-state index is 0.887. The van der Waals surface area contributed by atoms with E-state index in [0.29, 0.717) is 0 Å². The molecule has 0 nitrogen and oxygen atoms in total. The molecule has 26 heavy (non-hydrogen) atoms. The molecule has 0 N–H and O–H groups in total. The zero-order valence-electron chi connectivity index (χ0n) is 19.3. The molecule has 0 aliphatic heterocycles. The van der Waals surface area contributed by atoms with Gasteiger partial charge in [0.2, 0.25) is 0 Å². The zero-order valence-corrected chi connectivity index (χ0v) is 19.3. The Hall–Kier alpha value is 0. The Morgan fingerprint density at radius 1 is 0.385 bits per heavy atom. The van der Waals surface area contributed by atoms with Gasteiger partial charge in [-0.05, 0) is 11.8 Å². The Balaban J connectivity index is 3.09. The number of unbranched alkanes of at least 4 members (excludes halogenated alkanes) is 15. The van der Waals surface area contributed by atoms with Crippen molar-refractivity contribution in [2.45, 2.75) is 156 Å². The monoisotopic (exact) mass is 366 g/mol. The van der Waals surface area contributed by atoms with Gasteiger partial charge >= 0.3 is 0 Å².